The second kappa shape index (κ2) is 52.8. The Hall–Kier alpha value is -3.07. The maximum absolute atomic E-state index is 12.8. The highest BCUT2D eigenvalue weighted by molar-refractivity contribution is 7.45. The molecule has 0 radical (unpaired) electrons. The van der Waals surface area contributed by atoms with Crippen molar-refractivity contribution in [3.05, 3.63) is 97.2 Å². The Morgan fingerprint density at radius 3 is 1.11 bits per heavy atom. The van der Waals surface area contributed by atoms with Crippen molar-refractivity contribution in [2.75, 3.05) is 47.5 Å². The molecule has 0 aliphatic rings. The standard InChI is InChI=1S/C62H108NO8P/c1-6-8-10-12-14-16-18-20-22-23-24-25-26-27-28-29-30-31-32-33-34-35-36-37-38-39-41-43-45-47-49-51-53-55-62(65)71-60(59-70-72(66,67)69-57-56-63(3,4)5)58-68-61(64)54-52-50-48-46-44-42-40-21-19-17-15-13-11-9-7-2/h8-11,14-17,20-22,24-25,27-28,40,60H,6-7,12-13,18-19,23,26,29-39,41-59H2,1-5H3/b10-8-,11-9-,16-14-,17-15-,22-20-,25-24-,28-27-,40-21-. The number of unbranched alkanes of at least 4 members (excludes halogenated alkanes) is 22. The summed E-state index contributed by atoms with van der Waals surface area (Å²) in [5.41, 5.74) is 0. The molecule has 0 saturated heterocycles. The molecule has 0 aliphatic carbocycles. The predicted octanol–water partition coefficient (Wildman–Crippen LogP) is 17.4. The molecule has 2 unspecified atom stereocenters. The number of carbonyl (C=O) groups excluding carboxylic acids is 2. The molecular formula is C62H108NO8P. The predicted molar refractivity (Wildman–Crippen MR) is 305 cm³/mol. The molecule has 0 heterocycles. The van der Waals surface area contributed by atoms with Crippen molar-refractivity contribution in [1.29, 1.82) is 0 Å². The summed E-state index contributed by atoms with van der Waals surface area (Å²) in [4.78, 5) is 37.8. The SMILES string of the molecule is CC/C=C\C/C=C\C/C=C\C/C=C\C/C=C\CCCCCCCCCCCCCCCCCCCC(=O)OC(COC(=O)CCCCCCC/C=C\C/C=C\C/C=C\CC)COP(=O)([O-])OCC[N+](C)(C)C. The van der Waals surface area contributed by atoms with Crippen LogP contribution in [0.1, 0.15) is 232 Å². The molecule has 0 aromatic rings. The lowest BCUT2D eigenvalue weighted by molar-refractivity contribution is -0.870. The number of ether oxygens (including phenoxy) is 2. The highest BCUT2D eigenvalue weighted by Crippen LogP contribution is 2.38. The van der Waals surface area contributed by atoms with E-state index in [1.54, 1.807) is 0 Å². The first-order chi connectivity index (χ1) is 35.0. The number of allylic oxidation sites excluding steroid dienone is 16. The number of hydrogen-bond donors (Lipinski definition) is 0. The Morgan fingerprint density at radius 1 is 0.431 bits per heavy atom. The summed E-state index contributed by atoms with van der Waals surface area (Å²) in [5, 5.41) is 0. The Balaban J connectivity index is 4.07. The van der Waals surface area contributed by atoms with Gasteiger partial charge in [-0.25, -0.2) is 0 Å². The van der Waals surface area contributed by atoms with E-state index < -0.39 is 32.5 Å². The number of likely N-dealkylation sites (N-methyl/N-ethyl adjacent to an activating group) is 1. The van der Waals surface area contributed by atoms with Crippen molar-refractivity contribution in [3.8, 4) is 0 Å². The first-order valence-corrected chi connectivity index (χ1v) is 30.4. The normalized spacial score (nSPS) is 14.0. The Bertz CT molecular complexity index is 1540. The zero-order valence-electron chi connectivity index (χ0n) is 46.8. The van der Waals surface area contributed by atoms with Gasteiger partial charge in [-0.3, -0.25) is 14.2 Å². The highest BCUT2D eigenvalue weighted by Gasteiger charge is 2.21. The molecule has 0 saturated carbocycles. The number of rotatable bonds is 52. The molecule has 72 heavy (non-hydrogen) atoms. The number of phosphoric ester groups is 1. The van der Waals surface area contributed by atoms with Crippen LogP contribution in [0.3, 0.4) is 0 Å². The molecule has 0 aromatic carbocycles. The van der Waals surface area contributed by atoms with Crippen LogP contribution in [-0.4, -0.2) is 70.0 Å². The molecule has 0 aromatic heterocycles. The van der Waals surface area contributed by atoms with Crippen molar-refractivity contribution in [2.24, 2.45) is 0 Å². The molecule has 2 atom stereocenters. The van der Waals surface area contributed by atoms with E-state index >= 15 is 0 Å². The second-order valence-electron chi connectivity index (χ2n) is 20.2. The van der Waals surface area contributed by atoms with Crippen molar-refractivity contribution in [1.82, 2.24) is 0 Å². The van der Waals surface area contributed by atoms with Crippen LogP contribution in [0.25, 0.3) is 0 Å². The van der Waals surface area contributed by atoms with Gasteiger partial charge in [0.05, 0.1) is 27.7 Å². The fourth-order valence-electron chi connectivity index (χ4n) is 7.70. The number of nitrogens with zero attached hydrogens (tertiary/aromatic N) is 1. The summed E-state index contributed by atoms with van der Waals surface area (Å²) in [6.45, 7) is 3.99. The molecule has 0 bridgehead atoms. The summed E-state index contributed by atoms with van der Waals surface area (Å²) in [6.07, 6.45) is 71.8. The first-order valence-electron chi connectivity index (χ1n) is 28.9. The highest BCUT2D eigenvalue weighted by atomic mass is 31.2. The van der Waals surface area contributed by atoms with E-state index in [4.69, 9.17) is 18.5 Å². The molecule has 0 aliphatic heterocycles. The van der Waals surface area contributed by atoms with Gasteiger partial charge >= 0.3 is 11.9 Å². The molecule has 10 heteroatoms. The lowest BCUT2D eigenvalue weighted by atomic mass is 10.0. The van der Waals surface area contributed by atoms with Gasteiger partial charge < -0.3 is 27.9 Å². The quantitative estimate of drug-likeness (QED) is 0.0195. The lowest BCUT2D eigenvalue weighted by Crippen LogP contribution is -2.37. The summed E-state index contributed by atoms with van der Waals surface area (Å²) >= 11 is 0. The largest absolute Gasteiger partial charge is 0.756 e. The third kappa shape index (κ3) is 56.2. The van der Waals surface area contributed by atoms with Crippen molar-refractivity contribution < 1.29 is 42.1 Å². The average Bonchev–Trinajstić information content (AvgIpc) is 3.34. The van der Waals surface area contributed by atoms with E-state index in [0.29, 0.717) is 23.9 Å². The van der Waals surface area contributed by atoms with Crippen LogP contribution >= 0.6 is 7.82 Å². The Morgan fingerprint density at radius 2 is 0.750 bits per heavy atom. The number of phosphoric acid groups is 1. The monoisotopic (exact) mass is 1030 g/mol. The zero-order chi connectivity index (χ0) is 52.7. The minimum absolute atomic E-state index is 0.0370. The molecule has 0 spiro atoms. The zero-order valence-corrected chi connectivity index (χ0v) is 47.7. The molecule has 414 valence electrons. The Kier molecular flexibility index (Phi) is 50.5. The maximum Gasteiger partial charge on any atom is 0.306 e. The van der Waals surface area contributed by atoms with Gasteiger partial charge in [0.1, 0.15) is 19.8 Å². The van der Waals surface area contributed by atoms with Gasteiger partial charge in [-0.1, -0.05) is 227 Å². The topological polar surface area (TPSA) is 111 Å². The van der Waals surface area contributed by atoms with Gasteiger partial charge in [-0.05, 0) is 89.9 Å². The van der Waals surface area contributed by atoms with Crippen LogP contribution in [0.4, 0.5) is 0 Å². The van der Waals surface area contributed by atoms with Crippen molar-refractivity contribution in [2.45, 2.75) is 238 Å². The number of carbonyl (C=O) groups is 2. The summed E-state index contributed by atoms with van der Waals surface area (Å²) in [7, 11) is 1.15. The van der Waals surface area contributed by atoms with Crippen LogP contribution in [0.15, 0.2) is 97.2 Å². The van der Waals surface area contributed by atoms with Crippen LogP contribution in [-0.2, 0) is 32.7 Å². The molecule has 0 rings (SSSR count). The minimum atomic E-state index is -4.64. The van der Waals surface area contributed by atoms with Crippen molar-refractivity contribution in [3.63, 3.8) is 0 Å². The smallest absolute Gasteiger partial charge is 0.306 e. The number of quaternary nitrogens is 1. The number of hydrogen-bond acceptors (Lipinski definition) is 8. The van der Waals surface area contributed by atoms with Gasteiger partial charge in [0.2, 0.25) is 0 Å². The third-order valence-corrected chi connectivity index (χ3v) is 13.1. The van der Waals surface area contributed by atoms with E-state index in [0.717, 1.165) is 103 Å². The van der Waals surface area contributed by atoms with Gasteiger partial charge in [-0.15, -0.1) is 0 Å². The van der Waals surface area contributed by atoms with Gasteiger partial charge in [0.15, 0.2) is 6.10 Å². The second-order valence-corrected chi connectivity index (χ2v) is 21.7. The van der Waals surface area contributed by atoms with Crippen LogP contribution in [0.5, 0.6) is 0 Å². The first kappa shape index (κ1) is 68.9. The summed E-state index contributed by atoms with van der Waals surface area (Å²) < 4.78 is 34.1. The molecule has 0 fully saturated rings. The van der Waals surface area contributed by atoms with E-state index in [1.807, 2.05) is 21.1 Å². The summed E-state index contributed by atoms with van der Waals surface area (Å²) in [6, 6.07) is 0. The summed E-state index contributed by atoms with van der Waals surface area (Å²) in [5.74, 6) is -0.853. The Labute approximate surface area is 443 Å². The number of esters is 2. The van der Waals surface area contributed by atoms with E-state index in [-0.39, 0.29) is 26.1 Å². The minimum Gasteiger partial charge on any atom is -0.756 e. The van der Waals surface area contributed by atoms with Crippen molar-refractivity contribution >= 4 is 19.8 Å². The van der Waals surface area contributed by atoms with E-state index in [9.17, 15) is 19.0 Å². The van der Waals surface area contributed by atoms with Gasteiger partial charge in [0, 0.05) is 12.8 Å². The molecule has 0 N–H and O–H groups in total. The van der Waals surface area contributed by atoms with Gasteiger partial charge in [-0.2, -0.15) is 0 Å². The van der Waals surface area contributed by atoms with E-state index in [2.05, 4.69) is 111 Å². The van der Waals surface area contributed by atoms with Gasteiger partial charge in [0.25, 0.3) is 7.82 Å². The van der Waals surface area contributed by atoms with Crippen LogP contribution in [0.2, 0.25) is 0 Å². The van der Waals surface area contributed by atoms with E-state index in [1.165, 1.54) is 89.9 Å². The fraction of sp³-hybridized carbons (Fsp3) is 0.710. The molecular weight excluding hydrogens is 918 g/mol. The van der Waals surface area contributed by atoms with Crippen LogP contribution < -0.4 is 4.89 Å². The molecule has 9 nitrogen and oxygen atoms in total. The third-order valence-electron chi connectivity index (χ3n) is 12.1. The van der Waals surface area contributed by atoms with Crippen LogP contribution in [0, 0.1) is 0 Å². The molecule has 0 amide bonds. The lowest BCUT2D eigenvalue weighted by Gasteiger charge is -2.28. The maximum atomic E-state index is 12.8. The fourth-order valence-corrected chi connectivity index (χ4v) is 8.43. The average molecular weight is 1030 g/mol.